The van der Waals surface area contributed by atoms with Gasteiger partial charge in [-0.1, -0.05) is 20.3 Å². The molecule has 1 aromatic heterocycles. The van der Waals surface area contributed by atoms with Crippen molar-refractivity contribution in [3.8, 4) is 0 Å². The van der Waals surface area contributed by atoms with Crippen molar-refractivity contribution in [1.29, 1.82) is 0 Å². The van der Waals surface area contributed by atoms with Gasteiger partial charge in [-0.2, -0.15) is 5.10 Å². The lowest BCUT2D eigenvalue weighted by Gasteiger charge is -2.03. The molecular formula is C9H17N3O2S. The number of aromatic nitrogens is 2. The van der Waals surface area contributed by atoms with E-state index < -0.39 is 10.0 Å². The van der Waals surface area contributed by atoms with Crippen LogP contribution in [0.5, 0.6) is 0 Å². The molecule has 1 rings (SSSR count). The van der Waals surface area contributed by atoms with E-state index in [4.69, 9.17) is 0 Å². The van der Waals surface area contributed by atoms with Gasteiger partial charge in [-0.25, -0.2) is 8.42 Å². The van der Waals surface area contributed by atoms with Gasteiger partial charge in [0.05, 0.1) is 5.75 Å². The van der Waals surface area contributed by atoms with Crippen molar-refractivity contribution in [2.75, 3.05) is 10.5 Å². The molecule has 15 heavy (non-hydrogen) atoms. The van der Waals surface area contributed by atoms with E-state index in [0.29, 0.717) is 12.2 Å². The Labute approximate surface area is 90.3 Å². The maximum absolute atomic E-state index is 11.5. The molecule has 6 heteroatoms. The number of H-pyrrole nitrogens is 1. The fraction of sp³-hybridized carbons (Fsp3) is 0.667. The van der Waals surface area contributed by atoms with Crippen LogP contribution in [0.4, 0.5) is 5.82 Å². The van der Waals surface area contributed by atoms with Gasteiger partial charge in [0.2, 0.25) is 10.0 Å². The molecule has 1 aromatic rings. The Bertz CT molecular complexity index is 397. The molecule has 0 saturated carbocycles. The normalized spacial score (nSPS) is 11.6. The van der Waals surface area contributed by atoms with Crippen LogP contribution in [0.25, 0.3) is 0 Å². The topological polar surface area (TPSA) is 74.8 Å². The molecule has 86 valence electrons. The maximum Gasteiger partial charge on any atom is 0.233 e. The van der Waals surface area contributed by atoms with Crippen molar-refractivity contribution < 1.29 is 8.42 Å². The first kappa shape index (κ1) is 12.0. The molecule has 0 spiro atoms. The molecule has 0 aromatic carbocycles. The number of aryl methyl sites for hydroxylation is 1. The smallest absolute Gasteiger partial charge is 0.233 e. The lowest BCUT2D eigenvalue weighted by Crippen LogP contribution is -2.16. The lowest BCUT2D eigenvalue weighted by molar-refractivity contribution is 0.597. The lowest BCUT2D eigenvalue weighted by atomic mass is 10.3. The van der Waals surface area contributed by atoms with Gasteiger partial charge in [0.1, 0.15) is 0 Å². The van der Waals surface area contributed by atoms with E-state index in [1.54, 1.807) is 6.07 Å². The first-order valence-corrected chi connectivity index (χ1v) is 6.77. The summed E-state index contributed by atoms with van der Waals surface area (Å²) in [5.41, 5.74) is 0.920. The van der Waals surface area contributed by atoms with E-state index in [2.05, 4.69) is 14.9 Å². The van der Waals surface area contributed by atoms with E-state index in [-0.39, 0.29) is 5.75 Å². The molecule has 0 unspecified atom stereocenters. The molecule has 1 heterocycles. The summed E-state index contributed by atoms with van der Waals surface area (Å²) in [4.78, 5) is 0. The third-order valence-corrected chi connectivity index (χ3v) is 3.38. The quantitative estimate of drug-likeness (QED) is 0.779. The molecule has 0 amide bonds. The second-order valence-corrected chi connectivity index (χ2v) is 5.25. The molecule has 0 atom stereocenters. The van der Waals surface area contributed by atoms with Gasteiger partial charge in [0, 0.05) is 11.8 Å². The minimum Gasteiger partial charge on any atom is -0.280 e. The maximum atomic E-state index is 11.5. The Hall–Kier alpha value is -1.04. The Morgan fingerprint density at radius 3 is 2.73 bits per heavy atom. The molecule has 0 bridgehead atoms. The van der Waals surface area contributed by atoms with Crippen LogP contribution < -0.4 is 4.72 Å². The van der Waals surface area contributed by atoms with E-state index in [0.717, 1.165) is 18.5 Å². The molecule has 5 nitrogen and oxygen atoms in total. The summed E-state index contributed by atoms with van der Waals surface area (Å²) in [6, 6.07) is 1.71. The highest BCUT2D eigenvalue weighted by atomic mass is 32.2. The zero-order valence-corrected chi connectivity index (χ0v) is 9.89. The van der Waals surface area contributed by atoms with Gasteiger partial charge < -0.3 is 0 Å². The van der Waals surface area contributed by atoms with Gasteiger partial charge in [-0.15, -0.1) is 0 Å². The highest BCUT2D eigenvalue weighted by Crippen LogP contribution is 2.08. The van der Waals surface area contributed by atoms with Crippen molar-refractivity contribution in [3.63, 3.8) is 0 Å². The third kappa shape index (κ3) is 3.91. The number of nitrogens with zero attached hydrogens (tertiary/aromatic N) is 1. The number of anilines is 1. The summed E-state index contributed by atoms with van der Waals surface area (Å²) < 4.78 is 25.4. The molecule has 0 fully saturated rings. The zero-order chi connectivity index (χ0) is 11.3. The van der Waals surface area contributed by atoms with Crippen LogP contribution in [0.2, 0.25) is 0 Å². The van der Waals surface area contributed by atoms with E-state index in [1.807, 2.05) is 13.8 Å². The Morgan fingerprint density at radius 1 is 1.47 bits per heavy atom. The van der Waals surface area contributed by atoms with Crippen LogP contribution in [-0.4, -0.2) is 24.4 Å². The van der Waals surface area contributed by atoms with Crippen LogP contribution in [0.15, 0.2) is 6.07 Å². The highest BCUT2D eigenvalue weighted by molar-refractivity contribution is 7.92. The number of hydrogen-bond acceptors (Lipinski definition) is 3. The molecule has 0 saturated heterocycles. The molecule has 0 radical (unpaired) electrons. The number of aromatic amines is 1. The first-order valence-electron chi connectivity index (χ1n) is 5.12. The summed E-state index contributed by atoms with van der Waals surface area (Å²) in [5.74, 6) is 0.528. The summed E-state index contributed by atoms with van der Waals surface area (Å²) in [6.45, 7) is 3.93. The van der Waals surface area contributed by atoms with Crippen molar-refractivity contribution in [2.24, 2.45) is 0 Å². The number of rotatable bonds is 6. The van der Waals surface area contributed by atoms with Crippen LogP contribution in [0.3, 0.4) is 0 Å². The van der Waals surface area contributed by atoms with Crippen LogP contribution in [0, 0.1) is 0 Å². The molecule has 2 N–H and O–H groups in total. The van der Waals surface area contributed by atoms with E-state index in [1.165, 1.54) is 0 Å². The molecule has 0 aliphatic rings. The minimum absolute atomic E-state index is 0.151. The highest BCUT2D eigenvalue weighted by Gasteiger charge is 2.11. The minimum atomic E-state index is -3.22. The second kappa shape index (κ2) is 5.16. The predicted molar refractivity (Wildman–Crippen MR) is 60.3 cm³/mol. The van der Waals surface area contributed by atoms with Gasteiger partial charge in [0.25, 0.3) is 0 Å². The Kier molecular flexibility index (Phi) is 4.14. The average molecular weight is 231 g/mol. The Morgan fingerprint density at radius 2 is 2.20 bits per heavy atom. The fourth-order valence-corrected chi connectivity index (χ4v) is 2.33. The van der Waals surface area contributed by atoms with Gasteiger partial charge in [0.15, 0.2) is 5.82 Å². The number of nitrogens with one attached hydrogen (secondary N) is 2. The van der Waals surface area contributed by atoms with E-state index in [9.17, 15) is 8.42 Å². The molecule has 0 aliphatic carbocycles. The van der Waals surface area contributed by atoms with Gasteiger partial charge >= 0.3 is 0 Å². The molecular weight excluding hydrogens is 214 g/mol. The van der Waals surface area contributed by atoms with Crippen LogP contribution >= 0.6 is 0 Å². The summed E-state index contributed by atoms with van der Waals surface area (Å²) in [5, 5.41) is 6.62. The largest absolute Gasteiger partial charge is 0.280 e. The SMILES string of the molecule is CCCCS(=O)(=O)Nc1cc(CC)[nH]n1. The Balaban J connectivity index is 2.60. The first-order chi connectivity index (χ1) is 7.07. The van der Waals surface area contributed by atoms with Gasteiger partial charge in [-0.05, 0) is 12.8 Å². The standard InChI is InChI=1S/C9H17N3O2S/c1-3-5-6-15(13,14)12-9-7-8(4-2)10-11-9/h7H,3-6H2,1-2H3,(H2,10,11,12). The van der Waals surface area contributed by atoms with Gasteiger partial charge in [-0.3, -0.25) is 9.82 Å². The average Bonchev–Trinajstić information content (AvgIpc) is 2.62. The van der Waals surface area contributed by atoms with E-state index >= 15 is 0 Å². The fourth-order valence-electron chi connectivity index (χ4n) is 1.14. The number of sulfonamides is 1. The predicted octanol–water partition coefficient (Wildman–Crippen LogP) is 1.51. The van der Waals surface area contributed by atoms with Crippen molar-refractivity contribution in [2.45, 2.75) is 33.1 Å². The van der Waals surface area contributed by atoms with Crippen molar-refractivity contribution in [3.05, 3.63) is 11.8 Å². The monoisotopic (exact) mass is 231 g/mol. The van der Waals surface area contributed by atoms with Crippen molar-refractivity contribution >= 4 is 15.8 Å². The summed E-state index contributed by atoms with van der Waals surface area (Å²) >= 11 is 0. The second-order valence-electron chi connectivity index (χ2n) is 3.41. The van der Waals surface area contributed by atoms with Crippen LogP contribution in [0.1, 0.15) is 32.4 Å². The third-order valence-electron chi connectivity index (χ3n) is 2.04. The number of hydrogen-bond donors (Lipinski definition) is 2. The summed E-state index contributed by atoms with van der Waals surface area (Å²) in [6.07, 6.45) is 2.34. The van der Waals surface area contributed by atoms with Crippen molar-refractivity contribution in [1.82, 2.24) is 10.2 Å². The summed E-state index contributed by atoms with van der Waals surface area (Å²) in [7, 11) is -3.22. The molecule has 0 aliphatic heterocycles. The zero-order valence-electron chi connectivity index (χ0n) is 9.08. The van der Waals surface area contributed by atoms with Crippen LogP contribution in [-0.2, 0) is 16.4 Å². The number of unbranched alkanes of at least 4 members (excludes halogenated alkanes) is 1.